The third-order valence-corrected chi connectivity index (χ3v) is 3.40. The van der Waals surface area contributed by atoms with Crippen LogP contribution in [0.4, 0.5) is 5.82 Å². The van der Waals surface area contributed by atoms with E-state index in [9.17, 15) is 0 Å². The van der Waals surface area contributed by atoms with Gasteiger partial charge >= 0.3 is 0 Å². The van der Waals surface area contributed by atoms with Crippen molar-refractivity contribution in [3.8, 4) is 5.75 Å². The summed E-state index contributed by atoms with van der Waals surface area (Å²) in [5, 5.41) is 0. The molecule has 2 rings (SSSR count). The quantitative estimate of drug-likeness (QED) is 0.868. The van der Waals surface area contributed by atoms with Gasteiger partial charge in [0.2, 0.25) is 0 Å². The van der Waals surface area contributed by atoms with E-state index in [2.05, 4.69) is 9.88 Å². The van der Waals surface area contributed by atoms with Crippen molar-refractivity contribution >= 4 is 5.82 Å². The monoisotopic (exact) mass is 235 g/mol. The molecule has 1 fully saturated rings. The van der Waals surface area contributed by atoms with Crippen LogP contribution in [0.5, 0.6) is 5.75 Å². The van der Waals surface area contributed by atoms with Crippen LogP contribution in [0.25, 0.3) is 0 Å². The van der Waals surface area contributed by atoms with Gasteiger partial charge in [0.05, 0.1) is 13.3 Å². The number of ether oxygens (including phenoxy) is 1. The van der Waals surface area contributed by atoms with Crippen molar-refractivity contribution in [3.05, 3.63) is 18.3 Å². The van der Waals surface area contributed by atoms with E-state index in [1.807, 2.05) is 12.1 Å². The van der Waals surface area contributed by atoms with Gasteiger partial charge in [-0.05, 0) is 25.0 Å². The zero-order valence-electron chi connectivity index (χ0n) is 10.4. The van der Waals surface area contributed by atoms with Crippen molar-refractivity contribution in [2.45, 2.75) is 31.7 Å². The minimum atomic E-state index is 0.429. The lowest BCUT2D eigenvalue weighted by atomic mass is 10.1. The minimum absolute atomic E-state index is 0.429. The first-order valence-corrected chi connectivity index (χ1v) is 6.32. The highest BCUT2D eigenvalue weighted by Crippen LogP contribution is 2.23. The normalized spacial score (nSPS) is 21.1. The molecule has 0 aliphatic carbocycles. The topological polar surface area (TPSA) is 51.4 Å². The summed E-state index contributed by atoms with van der Waals surface area (Å²) in [6.45, 7) is 1.76. The predicted molar refractivity (Wildman–Crippen MR) is 69.4 cm³/mol. The van der Waals surface area contributed by atoms with E-state index in [-0.39, 0.29) is 0 Å². The molecule has 0 radical (unpaired) electrons. The van der Waals surface area contributed by atoms with Crippen molar-refractivity contribution in [2.75, 3.05) is 25.1 Å². The standard InChI is InChI=1S/C13H21N3O/c1-17-12-6-7-13(15-10-12)16-8-4-2-3-5-11(16)9-14/h6-7,10-11H,2-5,8-9,14H2,1H3. The second-order valence-electron chi connectivity index (χ2n) is 4.49. The number of pyridine rings is 1. The average Bonchev–Trinajstić information content (AvgIpc) is 2.64. The molecule has 0 bridgehead atoms. The Bertz CT molecular complexity index is 339. The predicted octanol–water partition coefficient (Wildman–Crippen LogP) is 1.80. The Morgan fingerprint density at radius 1 is 1.41 bits per heavy atom. The third kappa shape index (κ3) is 2.88. The highest BCUT2D eigenvalue weighted by molar-refractivity contribution is 5.42. The second-order valence-corrected chi connectivity index (χ2v) is 4.49. The number of aromatic nitrogens is 1. The first-order valence-electron chi connectivity index (χ1n) is 6.32. The Hall–Kier alpha value is -1.29. The number of hydrogen-bond acceptors (Lipinski definition) is 4. The van der Waals surface area contributed by atoms with Gasteiger partial charge in [-0.15, -0.1) is 0 Å². The Balaban J connectivity index is 2.16. The fraction of sp³-hybridized carbons (Fsp3) is 0.615. The van der Waals surface area contributed by atoms with E-state index in [0.717, 1.165) is 18.1 Å². The first kappa shape index (κ1) is 12.2. The van der Waals surface area contributed by atoms with E-state index >= 15 is 0 Å². The van der Waals surface area contributed by atoms with E-state index in [1.54, 1.807) is 13.3 Å². The molecule has 1 atom stereocenters. The van der Waals surface area contributed by atoms with Crippen LogP contribution in [0.1, 0.15) is 25.7 Å². The van der Waals surface area contributed by atoms with Crippen LogP contribution in [0.2, 0.25) is 0 Å². The molecule has 1 aromatic heterocycles. The summed E-state index contributed by atoms with van der Waals surface area (Å²) in [5.74, 6) is 1.82. The van der Waals surface area contributed by atoms with Gasteiger partial charge in [-0.1, -0.05) is 12.8 Å². The van der Waals surface area contributed by atoms with Crippen molar-refractivity contribution < 1.29 is 4.74 Å². The summed E-state index contributed by atoms with van der Waals surface area (Å²) in [4.78, 5) is 6.80. The first-order chi connectivity index (χ1) is 8.35. The fourth-order valence-electron chi connectivity index (χ4n) is 2.39. The molecule has 4 nitrogen and oxygen atoms in total. The summed E-state index contributed by atoms with van der Waals surface area (Å²) >= 11 is 0. The van der Waals surface area contributed by atoms with Gasteiger partial charge in [0.15, 0.2) is 0 Å². The maximum atomic E-state index is 5.86. The highest BCUT2D eigenvalue weighted by atomic mass is 16.5. The maximum absolute atomic E-state index is 5.86. The van der Waals surface area contributed by atoms with Gasteiger partial charge in [0, 0.05) is 19.1 Å². The molecule has 1 unspecified atom stereocenters. The molecule has 2 N–H and O–H groups in total. The smallest absolute Gasteiger partial charge is 0.137 e. The lowest BCUT2D eigenvalue weighted by Crippen LogP contribution is -2.40. The second kappa shape index (κ2) is 5.87. The van der Waals surface area contributed by atoms with Gasteiger partial charge in [-0.25, -0.2) is 4.98 Å². The molecule has 1 aliphatic heterocycles. The molecule has 0 saturated carbocycles. The molecule has 1 saturated heterocycles. The van der Waals surface area contributed by atoms with Crippen molar-refractivity contribution in [2.24, 2.45) is 5.73 Å². The summed E-state index contributed by atoms with van der Waals surface area (Å²) in [5.41, 5.74) is 5.86. The number of nitrogens with zero attached hydrogens (tertiary/aromatic N) is 2. The Kier molecular flexibility index (Phi) is 4.20. The molecule has 17 heavy (non-hydrogen) atoms. The van der Waals surface area contributed by atoms with Crippen LogP contribution in [-0.2, 0) is 0 Å². The average molecular weight is 235 g/mol. The van der Waals surface area contributed by atoms with E-state index in [0.29, 0.717) is 12.6 Å². The lowest BCUT2D eigenvalue weighted by molar-refractivity contribution is 0.412. The zero-order valence-corrected chi connectivity index (χ0v) is 10.4. The van der Waals surface area contributed by atoms with Gasteiger partial charge in [0.1, 0.15) is 11.6 Å². The summed E-state index contributed by atoms with van der Waals surface area (Å²) < 4.78 is 5.13. The number of anilines is 1. The van der Waals surface area contributed by atoms with Crippen molar-refractivity contribution in [1.82, 2.24) is 4.98 Å². The number of rotatable bonds is 3. The lowest BCUT2D eigenvalue weighted by Gasteiger charge is -2.30. The molecule has 1 aromatic rings. The van der Waals surface area contributed by atoms with Crippen LogP contribution in [0, 0.1) is 0 Å². The van der Waals surface area contributed by atoms with Crippen LogP contribution < -0.4 is 15.4 Å². The van der Waals surface area contributed by atoms with Crippen LogP contribution in [0.15, 0.2) is 18.3 Å². The molecule has 0 aromatic carbocycles. The van der Waals surface area contributed by atoms with Crippen LogP contribution in [0.3, 0.4) is 0 Å². The molecule has 0 amide bonds. The van der Waals surface area contributed by atoms with Crippen molar-refractivity contribution in [1.29, 1.82) is 0 Å². The van der Waals surface area contributed by atoms with Gasteiger partial charge in [-0.2, -0.15) is 0 Å². The number of hydrogen-bond donors (Lipinski definition) is 1. The Labute approximate surface area is 103 Å². The number of methoxy groups -OCH3 is 1. The van der Waals surface area contributed by atoms with E-state index in [4.69, 9.17) is 10.5 Å². The van der Waals surface area contributed by atoms with E-state index < -0.39 is 0 Å². The largest absolute Gasteiger partial charge is 0.495 e. The maximum Gasteiger partial charge on any atom is 0.137 e. The van der Waals surface area contributed by atoms with Crippen LogP contribution in [-0.4, -0.2) is 31.2 Å². The molecule has 1 aliphatic rings. The summed E-state index contributed by atoms with van der Waals surface area (Å²) in [6, 6.07) is 4.41. The van der Waals surface area contributed by atoms with Gasteiger partial charge in [-0.3, -0.25) is 0 Å². The highest BCUT2D eigenvalue weighted by Gasteiger charge is 2.20. The minimum Gasteiger partial charge on any atom is -0.495 e. The van der Waals surface area contributed by atoms with Crippen LogP contribution >= 0.6 is 0 Å². The molecule has 2 heterocycles. The summed E-state index contributed by atoms with van der Waals surface area (Å²) in [7, 11) is 1.66. The zero-order chi connectivity index (χ0) is 12.1. The number of nitrogens with two attached hydrogens (primary N) is 1. The van der Waals surface area contributed by atoms with Gasteiger partial charge < -0.3 is 15.4 Å². The SMILES string of the molecule is COc1ccc(N2CCCCCC2CN)nc1. The molecule has 0 spiro atoms. The van der Waals surface area contributed by atoms with Gasteiger partial charge in [0.25, 0.3) is 0 Å². The molecule has 94 valence electrons. The Morgan fingerprint density at radius 2 is 2.29 bits per heavy atom. The molecular weight excluding hydrogens is 214 g/mol. The third-order valence-electron chi connectivity index (χ3n) is 3.40. The molecular formula is C13H21N3O. The molecule has 4 heteroatoms. The van der Waals surface area contributed by atoms with Crippen molar-refractivity contribution in [3.63, 3.8) is 0 Å². The van der Waals surface area contributed by atoms with E-state index in [1.165, 1.54) is 25.7 Å². The summed E-state index contributed by atoms with van der Waals surface area (Å²) in [6.07, 6.45) is 6.74. The Morgan fingerprint density at radius 3 is 2.94 bits per heavy atom. The fourth-order valence-corrected chi connectivity index (χ4v) is 2.39.